The molecule has 2 rings (SSSR count). The predicted octanol–water partition coefficient (Wildman–Crippen LogP) is 1.11. The van der Waals surface area contributed by atoms with E-state index < -0.39 is 0 Å². The van der Waals surface area contributed by atoms with Gasteiger partial charge in [0.1, 0.15) is 12.5 Å². The summed E-state index contributed by atoms with van der Waals surface area (Å²) in [6, 6.07) is 4.26. The minimum absolute atomic E-state index is 0.00382. The molecule has 2 heterocycles. The molecule has 0 aliphatic carbocycles. The number of esters is 1. The lowest BCUT2D eigenvalue weighted by Crippen LogP contribution is -3.12. The smallest absolute Gasteiger partial charge is 0.314 e. The van der Waals surface area contributed by atoms with E-state index in [1.807, 2.05) is 6.92 Å². The maximum absolute atomic E-state index is 11.7. The topological polar surface area (TPSA) is 30.7 Å². The highest BCUT2D eigenvalue weighted by atomic mass is 32.1. The summed E-state index contributed by atoms with van der Waals surface area (Å²) in [6.07, 6.45) is 2.12. The number of quaternary nitrogens is 1. The van der Waals surface area contributed by atoms with Gasteiger partial charge in [-0.25, -0.2) is 0 Å². The summed E-state index contributed by atoms with van der Waals surface area (Å²) in [5.74, 6) is 0.106. The molecule has 94 valence electrons. The van der Waals surface area contributed by atoms with Crippen LogP contribution in [0.15, 0.2) is 17.5 Å². The molecule has 0 spiro atoms. The first-order chi connectivity index (χ1) is 8.29. The number of nitrogens with one attached hydrogen (secondary N) is 1. The van der Waals surface area contributed by atoms with Crippen molar-refractivity contribution in [1.82, 2.24) is 0 Å². The van der Waals surface area contributed by atoms with E-state index in [2.05, 4.69) is 17.5 Å². The molecule has 3 nitrogen and oxygen atoms in total. The van der Waals surface area contributed by atoms with E-state index in [4.69, 9.17) is 4.74 Å². The van der Waals surface area contributed by atoms with Crippen LogP contribution >= 0.6 is 11.3 Å². The molecular weight excluding hydrogens is 234 g/mol. The number of likely N-dealkylation sites (tertiary alicyclic amines) is 1. The van der Waals surface area contributed by atoms with Gasteiger partial charge >= 0.3 is 5.97 Å². The molecule has 4 heteroatoms. The summed E-state index contributed by atoms with van der Waals surface area (Å²) in [6.45, 7) is 5.52. The van der Waals surface area contributed by atoms with Crippen molar-refractivity contribution in [3.63, 3.8) is 0 Å². The van der Waals surface area contributed by atoms with Crippen LogP contribution in [0, 0.1) is 5.92 Å². The second-order valence-electron chi connectivity index (χ2n) is 4.55. The Labute approximate surface area is 106 Å². The summed E-state index contributed by atoms with van der Waals surface area (Å²) in [4.78, 5) is 14.6. The molecule has 1 aliphatic heterocycles. The molecule has 1 aromatic heterocycles. The lowest BCUT2D eigenvalue weighted by atomic mass is 9.98. The molecule has 0 amide bonds. The van der Waals surface area contributed by atoms with Crippen LogP contribution in [-0.2, 0) is 16.1 Å². The summed E-state index contributed by atoms with van der Waals surface area (Å²) in [5.41, 5.74) is 0. The fourth-order valence-electron chi connectivity index (χ4n) is 2.43. The Kier molecular flexibility index (Phi) is 4.57. The van der Waals surface area contributed by atoms with Gasteiger partial charge in [0.05, 0.1) is 24.6 Å². The second-order valence-corrected chi connectivity index (χ2v) is 5.58. The summed E-state index contributed by atoms with van der Waals surface area (Å²) >= 11 is 1.80. The zero-order valence-corrected chi connectivity index (χ0v) is 11.1. The average Bonchev–Trinajstić information content (AvgIpc) is 2.82. The summed E-state index contributed by atoms with van der Waals surface area (Å²) in [7, 11) is 0. The van der Waals surface area contributed by atoms with Gasteiger partial charge in [-0.2, -0.15) is 0 Å². The molecule has 0 aromatic carbocycles. The molecule has 0 radical (unpaired) electrons. The van der Waals surface area contributed by atoms with E-state index in [0.717, 1.165) is 25.9 Å². The van der Waals surface area contributed by atoms with Gasteiger partial charge in [0.15, 0.2) is 0 Å². The first kappa shape index (κ1) is 12.6. The van der Waals surface area contributed by atoms with Crippen molar-refractivity contribution in [2.45, 2.75) is 26.3 Å². The first-order valence-electron chi connectivity index (χ1n) is 6.32. The normalized spacial score (nSPS) is 24.5. The number of hydrogen-bond donors (Lipinski definition) is 1. The highest BCUT2D eigenvalue weighted by Gasteiger charge is 2.29. The number of carbonyl (C=O) groups excluding carboxylic acids is 1. The van der Waals surface area contributed by atoms with E-state index in [1.165, 1.54) is 16.3 Å². The van der Waals surface area contributed by atoms with Crippen LogP contribution in [0.3, 0.4) is 0 Å². The van der Waals surface area contributed by atoms with Gasteiger partial charge < -0.3 is 9.64 Å². The summed E-state index contributed by atoms with van der Waals surface area (Å²) in [5, 5.41) is 2.11. The van der Waals surface area contributed by atoms with Gasteiger partial charge in [-0.15, -0.1) is 11.3 Å². The van der Waals surface area contributed by atoms with E-state index in [1.54, 1.807) is 11.3 Å². The van der Waals surface area contributed by atoms with Crippen LogP contribution in [0.25, 0.3) is 0 Å². The third kappa shape index (κ3) is 3.54. The quantitative estimate of drug-likeness (QED) is 0.816. The van der Waals surface area contributed by atoms with Crippen molar-refractivity contribution in [3.05, 3.63) is 22.4 Å². The number of hydrogen-bond acceptors (Lipinski definition) is 3. The van der Waals surface area contributed by atoms with Crippen LogP contribution < -0.4 is 4.90 Å². The molecule has 1 N–H and O–H groups in total. The van der Waals surface area contributed by atoms with Gasteiger partial charge in [-0.1, -0.05) is 6.07 Å². The molecule has 1 saturated heterocycles. The standard InChI is InChI=1S/C13H19NO2S/c1-2-16-13(15)11-5-3-7-14(9-11)10-12-6-4-8-17-12/h4,6,8,11H,2-3,5,7,9-10H2,1H3/p+1/t11-/m1/s1. The highest BCUT2D eigenvalue weighted by molar-refractivity contribution is 7.09. The van der Waals surface area contributed by atoms with Crippen molar-refractivity contribution < 1.29 is 14.4 Å². The SMILES string of the molecule is CCOC(=O)[C@@H]1CCC[NH+](Cc2cccs2)C1. The van der Waals surface area contributed by atoms with Crippen molar-refractivity contribution in [3.8, 4) is 0 Å². The molecule has 1 unspecified atom stereocenters. The lowest BCUT2D eigenvalue weighted by Gasteiger charge is -2.28. The lowest BCUT2D eigenvalue weighted by molar-refractivity contribution is -0.920. The molecule has 17 heavy (non-hydrogen) atoms. The van der Waals surface area contributed by atoms with E-state index in [9.17, 15) is 4.79 Å². The van der Waals surface area contributed by atoms with Crippen molar-refractivity contribution >= 4 is 17.3 Å². The van der Waals surface area contributed by atoms with Gasteiger partial charge in [-0.3, -0.25) is 4.79 Å². The number of rotatable bonds is 4. The molecule has 1 aliphatic rings. The highest BCUT2D eigenvalue weighted by Crippen LogP contribution is 2.11. The maximum Gasteiger partial charge on any atom is 0.314 e. The van der Waals surface area contributed by atoms with Crippen LogP contribution in [0.4, 0.5) is 0 Å². The molecule has 1 aromatic rings. The monoisotopic (exact) mass is 254 g/mol. The Bertz CT molecular complexity index is 350. The Hall–Kier alpha value is -0.870. The largest absolute Gasteiger partial charge is 0.466 e. The molecule has 1 fully saturated rings. The van der Waals surface area contributed by atoms with E-state index in [-0.39, 0.29) is 11.9 Å². The minimum atomic E-state index is -0.00382. The van der Waals surface area contributed by atoms with Gasteiger partial charge in [-0.05, 0) is 31.2 Å². The molecule has 0 saturated carbocycles. The fourth-order valence-corrected chi connectivity index (χ4v) is 3.21. The Balaban J connectivity index is 1.86. The van der Waals surface area contributed by atoms with Gasteiger partial charge in [0.25, 0.3) is 0 Å². The minimum Gasteiger partial charge on any atom is -0.466 e. The number of carbonyl (C=O) groups is 1. The van der Waals surface area contributed by atoms with Crippen LogP contribution in [-0.4, -0.2) is 25.7 Å². The maximum atomic E-state index is 11.7. The average molecular weight is 254 g/mol. The van der Waals surface area contributed by atoms with Crippen molar-refractivity contribution in [2.24, 2.45) is 5.92 Å². The predicted molar refractivity (Wildman–Crippen MR) is 68.1 cm³/mol. The van der Waals surface area contributed by atoms with Gasteiger partial charge in [0, 0.05) is 0 Å². The Morgan fingerprint density at radius 1 is 1.65 bits per heavy atom. The van der Waals surface area contributed by atoms with Crippen LogP contribution in [0.1, 0.15) is 24.6 Å². The summed E-state index contributed by atoms with van der Waals surface area (Å²) < 4.78 is 5.12. The Morgan fingerprint density at radius 3 is 3.24 bits per heavy atom. The molecule has 2 atom stereocenters. The van der Waals surface area contributed by atoms with E-state index in [0.29, 0.717) is 6.61 Å². The third-order valence-corrected chi connectivity index (χ3v) is 4.12. The molecule has 0 bridgehead atoms. The first-order valence-corrected chi connectivity index (χ1v) is 7.20. The zero-order chi connectivity index (χ0) is 12.1. The number of ether oxygens (including phenoxy) is 1. The Morgan fingerprint density at radius 2 is 2.53 bits per heavy atom. The van der Waals surface area contributed by atoms with Crippen molar-refractivity contribution in [1.29, 1.82) is 0 Å². The number of thiophene rings is 1. The fraction of sp³-hybridized carbons (Fsp3) is 0.615. The van der Waals surface area contributed by atoms with Crippen LogP contribution in [0.2, 0.25) is 0 Å². The van der Waals surface area contributed by atoms with Crippen molar-refractivity contribution in [2.75, 3.05) is 19.7 Å². The van der Waals surface area contributed by atoms with Gasteiger partial charge in [0.2, 0.25) is 0 Å². The second kappa shape index (κ2) is 6.17. The van der Waals surface area contributed by atoms with Crippen LogP contribution in [0.5, 0.6) is 0 Å². The molecular formula is C13H20NO2S+. The zero-order valence-electron chi connectivity index (χ0n) is 10.3. The van der Waals surface area contributed by atoms with E-state index >= 15 is 0 Å². The third-order valence-electron chi connectivity index (χ3n) is 3.24. The number of piperidine rings is 1.